The van der Waals surface area contributed by atoms with Gasteiger partial charge in [0.1, 0.15) is 13.9 Å². The highest BCUT2D eigenvalue weighted by atomic mass is 28.3. The molecule has 0 aromatic heterocycles. The summed E-state index contributed by atoms with van der Waals surface area (Å²) < 4.78 is 0. The van der Waals surface area contributed by atoms with Gasteiger partial charge in [-0.05, 0) is 67.3 Å². The molecule has 0 aliphatic heterocycles. The number of carbonyl (C=O) groups is 1. The average Bonchev–Trinajstić information content (AvgIpc) is 2.55. The van der Waals surface area contributed by atoms with Crippen molar-refractivity contribution >= 4 is 13.9 Å². The van der Waals surface area contributed by atoms with E-state index in [4.69, 9.17) is 0 Å². The van der Waals surface area contributed by atoms with Crippen LogP contribution in [0.2, 0.25) is 19.6 Å². The second-order valence-corrected chi connectivity index (χ2v) is 15.2. The van der Waals surface area contributed by atoms with Crippen LogP contribution in [-0.4, -0.2) is 13.9 Å². The van der Waals surface area contributed by atoms with Crippen LogP contribution in [0.25, 0.3) is 0 Å². The van der Waals surface area contributed by atoms with E-state index >= 15 is 0 Å². The zero-order chi connectivity index (χ0) is 19.2. The van der Waals surface area contributed by atoms with Gasteiger partial charge in [-0.15, -0.1) is 5.54 Å². The summed E-state index contributed by atoms with van der Waals surface area (Å²) in [7, 11) is -1.38. The van der Waals surface area contributed by atoms with Crippen molar-refractivity contribution < 1.29 is 4.79 Å². The molecule has 1 nitrogen and oxygen atoms in total. The minimum atomic E-state index is -1.38. The molecule has 0 heterocycles. The van der Waals surface area contributed by atoms with E-state index in [2.05, 4.69) is 69.8 Å². The number of hydrogen-bond acceptors (Lipinski definition) is 1. The van der Waals surface area contributed by atoms with Gasteiger partial charge in [-0.3, -0.25) is 4.79 Å². The number of carbonyl (C=O) groups excluding carboxylic acids is 1. The van der Waals surface area contributed by atoms with Crippen molar-refractivity contribution in [3.8, 4) is 23.3 Å². The second-order valence-electron chi connectivity index (χ2n) is 10.5. The van der Waals surface area contributed by atoms with Gasteiger partial charge >= 0.3 is 0 Å². The molecule has 26 heavy (non-hydrogen) atoms. The molecule has 0 aromatic rings. The average molecular weight is 367 g/mol. The molecule has 0 N–H and O–H groups in total. The molecule has 140 valence electrons. The van der Waals surface area contributed by atoms with Crippen molar-refractivity contribution in [3.05, 3.63) is 11.6 Å². The summed E-state index contributed by atoms with van der Waals surface area (Å²) in [5.74, 6) is 11.0. The topological polar surface area (TPSA) is 17.1 Å². The van der Waals surface area contributed by atoms with Crippen LogP contribution in [-0.2, 0) is 4.79 Å². The standard InChI is InChI=1S/C24H34OSi/c1-22(2)19-12-17-24(15-9-10-18-26(4,5)6)14-8-7-11-20(24)23(19,3)16-13-21(22)25/h11,19H,7-8,12-14,16-17H2,1-6H3/t19-,23-,24-/m0/s1. The van der Waals surface area contributed by atoms with E-state index < -0.39 is 8.07 Å². The summed E-state index contributed by atoms with van der Waals surface area (Å²) >= 11 is 0. The highest BCUT2D eigenvalue weighted by Crippen LogP contribution is 2.65. The molecular weight excluding hydrogens is 332 g/mol. The first-order chi connectivity index (χ1) is 12.0. The van der Waals surface area contributed by atoms with E-state index in [1.165, 1.54) is 6.42 Å². The molecule has 0 spiro atoms. The van der Waals surface area contributed by atoms with Crippen LogP contribution >= 0.6 is 0 Å². The first-order valence-electron chi connectivity index (χ1n) is 10.3. The molecule has 3 aliphatic rings. The minimum Gasteiger partial charge on any atom is -0.299 e. The molecule has 3 atom stereocenters. The molecule has 0 aromatic carbocycles. The Hall–Kier alpha value is -1.25. The normalized spacial score (nSPS) is 35.7. The Morgan fingerprint density at radius 1 is 1.08 bits per heavy atom. The van der Waals surface area contributed by atoms with Crippen molar-refractivity contribution in [2.75, 3.05) is 0 Å². The quantitative estimate of drug-likeness (QED) is 0.302. The zero-order valence-electron chi connectivity index (χ0n) is 17.5. The summed E-state index contributed by atoms with van der Waals surface area (Å²) in [6.07, 6.45) is 9.96. The maximum absolute atomic E-state index is 12.6. The monoisotopic (exact) mass is 366 g/mol. The summed E-state index contributed by atoms with van der Waals surface area (Å²) in [6.45, 7) is 13.6. The lowest BCUT2D eigenvalue weighted by atomic mass is 9.44. The van der Waals surface area contributed by atoms with Crippen molar-refractivity contribution in [3.63, 3.8) is 0 Å². The molecule has 2 saturated carbocycles. The molecule has 0 saturated heterocycles. The number of fused-ring (bicyclic) bond motifs is 3. The van der Waals surface area contributed by atoms with Crippen LogP contribution in [0.4, 0.5) is 0 Å². The summed E-state index contributed by atoms with van der Waals surface area (Å²) in [5.41, 5.74) is 4.86. The van der Waals surface area contributed by atoms with Gasteiger partial charge < -0.3 is 0 Å². The zero-order valence-corrected chi connectivity index (χ0v) is 18.5. The van der Waals surface area contributed by atoms with Crippen molar-refractivity contribution in [1.29, 1.82) is 0 Å². The fraction of sp³-hybridized carbons (Fsp3) is 0.708. The number of allylic oxidation sites excluding steroid dienone is 2. The molecule has 0 radical (unpaired) electrons. The van der Waals surface area contributed by atoms with Gasteiger partial charge in [0, 0.05) is 11.8 Å². The maximum Gasteiger partial charge on any atom is 0.138 e. The van der Waals surface area contributed by atoms with Gasteiger partial charge in [-0.1, -0.05) is 52.4 Å². The predicted molar refractivity (Wildman–Crippen MR) is 112 cm³/mol. The third-order valence-electron chi connectivity index (χ3n) is 7.18. The van der Waals surface area contributed by atoms with Crippen molar-refractivity contribution in [2.24, 2.45) is 22.2 Å². The number of rotatable bonds is 0. The van der Waals surface area contributed by atoms with Gasteiger partial charge in [0.25, 0.3) is 0 Å². The van der Waals surface area contributed by atoms with E-state index in [1.807, 2.05) is 0 Å². The molecule has 3 aliphatic carbocycles. The largest absolute Gasteiger partial charge is 0.299 e. The second kappa shape index (κ2) is 6.42. The third kappa shape index (κ3) is 3.23. The first-order valence-corrected chi connectivity index (χ1v) is 13.8. The third-order valence-corrected chi connectivity index (χ3v) is 8.05. The van der Waals surface area contributed by atoms with E-state index in [-0.39, 0.29) is 16.2 Å². The van der Waals surface area contributed by atoms with E-state index in [9.17, 15) is 4.79 Å². The van der Waals surface area contributed by atoms with Gasteiger partial charge in [0.15, 0.2) is 0 Å². The highest BCUT2D eigenvalue weighted by Gasteiger charge is 2.59. The van der Waals surface area contributed by atoms with Crippen LogP contribution in [0.3, 0.4) is 0 Å². The lowest BCUT2D eigenvalue weighted by Crippen LogP contribution is -2.54. The smallest absolute Gasteiger partial charge is 0.138 e. The van der Waals surface area contributed by atoms with Gasteiger partial charge in [-0.2, -0.15) is 0 Å². The molecule has 0 bridgehead atoms. The van der Waals surface area contributed by atoms with Crippen LogP contribution in [0, 0.1) is 45.5 Å². The lowest BCUT2D eigenvalue weighted by molar-refractivity contribution is -0.141. The van der Waals surface area contributed by atoms with Crippen molar-refractivity contribution in [1.82, 2.24) is 0 Å². The molecule has 0 amide bonds. The van der Waals surface area contributed by atoms with E-state index in [0.717, 1.165) is 38.5 Å². The fourth-order valence-corrected chi connectivity index (χ4v) is 6.27. The summed E-state index contributed by atoms with van der Waals surface area (Å²) in [5, 5.41) is 0. The highest BCUT2D eigenvalue weighted by molar-refractivity contribution is 6.83. The summed E-state index contributed by atoms with van der Waals surface area (Å²) in [4.78, 5) is 12.6. The predicted octanol–water partition coefficient (Wildman–Crippen LogP) is 5.77. The Kier molecular flexibility index (Phi) is 4.82. The number of hydrogen-bond donors (Lipinski definition) is 0. The Morgan fingerprint density at radius 2 is 1.81 bits per heavy atom. The van der Waals surface area contributed by atoms with Gasteiger partial charge in [0.05, 0.1) is 5.41 Å². The van der Waals surface area contributed by atoms with E-state index in [1.54, 1.807) is 5.57 Å². The number of Topliss-reactive ketones (excluding diaryl/α,β-unsaturated/α-hetero) is 1. The maximum atomic E-state index is 12.6. The van der Waals surface area contributed by atoms with Crippen molar-refractivity contribution in [2.45, 2.75) is 85.4 Å². The SMILES string of the molecule is CC1(C)C(=O)CC[C@]2(C)C3=CCCC[C@]3(C#CC#C[Si](C)(C)C)CC[C@@H]12. The molecule has 0 unspecified atom stereocenters. The van der Waals surface area contributed by atoms with Crippen LogP contribution in [0.5, 0.6) is 0 Å². The molecule has 2 fully saturated rings. The molecular formula is C24H34OSi. The molecule has 2 heteroatoms. The Balaban J connectivity index is 2.01. The van der Waals surface area contributed by atoms with Crippen LogP contribution in [0.15, 0.2) is 11.6 Å². The first kappa shape index (κ1) is 19.5. The lowest BCUT2D eigenvalue weighted by Gasteiger charge is -2.59. The van der Waals surface area contributed by atoms with Gasteiger partial charge in [0.2, 0.25) is 0 Å². The van der Waals surface area contributed by atoms with Gasteiger partial charge in [-0.25, -0.2) is 0 Å². The van der Waals surface area contributed by atoms with Crippen LogP contribution in [0.1, 0.15) is 65.7 Å². The molecule has 3 rings (SSSR count). The number of ketones is 1. The summed E-state index contributed by atoms with van der Waals surface area (Å²) in [6, 6.07) is 0. The minimum absolute atomic E-state index is 0.00802. The Bertz CT molecular complexity index is 758. The Labute approximate surface area is 161 Å². The van der Waals surface area contributed by atoms with E-state index in [0.29, 0.717) is 11.7 Å². The van der Waals surface area contributed by atoms with Crippen LogP contribution < -0.4 is 0 Å². The Morgan fingerprint density at radius 3 is 2.50 bits per heavy atom. The fourth-order valence-electron chi connectivity index (χ4n) is 5.83.